The summed E-state index contributed by atoms with van der Waals surface area (Å²) in [5.41, 5.74) is 2.37. The van der Waals surface area contributed by atoms with Crippen LogP contribution in [0.3, 0.4) is 0 Å². The highest BCUT2D eigenvalue weighted by molar-refractivity contribution is 7.90. The monoisotopic (exact) mass is 399 g/mol. The Morgan fingerprint density at radius 1 is 1.18 bits per heavy atom. The van der Waals surface area contributed by atoms with Crippen molar-refractivity contribution in [3.63, 3.8) is 0 Å². The summed E-state index contributed by atoms with van der Waals surface area (Å²) in [6.45, 7) is 2.30. The maximum atomic E-state index is 14.3. The van der Waals surface area contributed by atoms with E-state index in [1.54, 1.807) is 18.2 Å². The Kier molecular flexibility index (Phi) is 5.21. The lowest BCUT2D eigenvalue weighted by atomic mass is 9.99. The second-order valence-corrected chi connectivity index (χ2v) is 8.16. The molecule has 0 atom stereocenters. The summed E-state index contributed by atoms with van der Waals surface area (Å²) in [5.74, 6) is -0.448. The van der Waals surface area contributed by atoms with Gasteiger partial charge in [0, 0.05) is 23.9 Å². The Bertz CT molecular complexity index is 1180. The van der Waals surface area contributed by atoms with E-state index < -0.39 is 15.7 Å². The van der Waals surface area contributed by atoms with Crippen LogP contribution >= 0.6 is 0 Å². The zero-order valence-corrected chi connectivity index (χ0v) is 16.4. The van der Waals surface area contributed by atoms with Crippen molar-refractivity contribution >= 4 is 9.84 Å². The molecule has 1 heterocycles. The molecule has 0 saturated heterocycles. The largest absolute Gasteiger partial charge is 0.494 e. The van der Waals surface area contributed by atoms with Gasteiger partial charge < -0.3 is 4.74 Å². The molecule has 0 amide bonds. The lowest BCUT2D eigenvalue weighted by Gasteiger charge is -2.07. The van der Waals surface area contributed by atoms with Crippen molar-refractivity contribution in [3.05, 3.63) is 54.0 Å². The SMILES string of the molecule is CCn1nc(-c2ccc(S(C)(=O)=O)cc2)c(-c2ccc(OC)c(F)c2)c1C#N. The van der Waals surface area contributed by atoms with Crippen molar-refractivity contribution in [2.24, 2.45) is 0 Å². The van der Waals surface area contributed by atoms with Crippen LogP contribution in [0.25, 0.3) is 22.4 Å². The van der Waals surface area contributed by atoms with Gasteiger partial charge in [-0.15, -0.1) is 0 Å². The average molecular weight is 399 g/mol. The molecule has 0 N–H and O–H groups in total. The first-order chi connectivity index (χ1) is 13.3. The van der Waals surface area contributed by atoms with Crippen LogP contribution in [0.1, 0.15) is 12.6 Å². The molecular weight excluding hydrogens is 381 g/mol. The number of aryl methyl sites for hydroxylation is 1. The van der Waals surface area contributed by atoms with Crippen LogP contribution in [0.4, 0.5) is 4.39 Å². The number of ether oxygens (including phenoxy) is 1. The van der Waals surface area contributed by atoms with E-state index in [2.05, 4.69) is 11.2 Å². The van der Waals surface area contributed by atoms with Crippen molar-refractivity contribution in [1.29, 1.82) is 5.26 Å². The zero-order chi connectivity index (χ0) is 20.5. The van der Waals surface area contributed by atoms with E-state index in [1.807, 2.05) is 6.92 Å². The summed E-state index contributed by atoms with van der Waals surface area (Å²) < 4.78 is 44.2. The van der Waals surface area contributed by atoms with Gasteiger partial charge in [0.2, 0.25) is 0 Å². The molecular formula is C20H18FN3O3S. The summed E-state index contributed by atoms with van der Waals surface area (Å²) in [6.07, 6.45) is 1.13. The minimum atomic E-state index is -3.33. The van der Waals surface area contributed by atoms with Crippen LogP contribution in [0.5, 0.6) is 5.75 Å². The highest BCUT2D eigenvalue weighted by Crippen LogP contribution is 2.36. The number of sulfone groups is 1. The molecule has 0 unspecified atom stereocenters. The quantitative estimate of drug-likeness (QED) is 0.654. The first kappa shape index (κ1) is 19.6. The van der Waals surface area contributed by atoms with E-state index >= 15 is 0 Å². The second kappa shape index (κ2) is 7.44. The zero-order valence-electron chi connectivity index (χ0n) is 15.6. The third-order valence-electron chi connectivity index (χ3n) is 4.35. The molecule has 28 heavy (non-hydrogen) atoms. The Hall–Kier alpha value is -3.18. The van der Waals surface area contributed by atoms with Gasteiger partial charge in [-0.1, -0.05) is 18.2 Å². The standard InChI is InChI=1S/C20H18FN3O3S/c1-4-24-17(12-22)19(14-7-10-18(27-2)16(21)11-14)20(23-24)13-5-8-15(9-6-13)28(3,25)26/h5-11H,4H2,1-3H3. The van der Waals surface area contributed by atoms with E-state index in [-0.39, 0.29) is 10.6 Å². The van der Waals surface area contributed by atoms with Gasteiger partial charge in [0.1, 0.15) is 17.5 Å². The third-order valence-corrected chi connectivity index (χ3v) is 5.48. The van der Waals surface area contributed by atoms with Crippen molar-refractivity contribution in [2.45, 2.75) is 18.4 Å². The summed E-state index contributed by atoms with van der Waals surface area (Å²) in [5, 5.41) is 14.2. The number of aromatic nitrogens is 2. The molecule has 0 saturated carbocycles. The van der Waals surface area contributed by atoms with Gasteiger partial charge in [-0.2, -0.15) is 10.4 Å². The number of methoxy groups -OCH3 is 1. The minimum Gasteiger partial charge on any atom is -0.494 e. The van der Waals surface area contributed by atoms with Gasteiger partial charge in [-0.3, -0.25) is 4.68 Å². The predicted molar refractivity (Wildman–Crippen MR) is 103 cm³/mol. The fourth-order valence-corrected chi connectivity index (χ4v) is 3.59. The number of hydrogen-bond acceptors (Lipinski definition) is 5. The lowest BCUT2D eigenvalue weighted by Crippen LogP contribution is -1.99. The highest BCUT2D eigenvalue weighted by Gasteiger charge is 2.21. The molecule has 0 aliphatic rings. The second-order valence-electron chi connectivity index (χ2n) is 6.15. The Balaban J connectivity index is 2.24. The van der Waals surface area contributed by atoms with Crippen LogP contribution in [0.2, 0.25) is 0 Å². The summed E-state index contributed by atoms with van der Waals surface area (Å²) >= 11 is 0. The molecule has 0 spiro atoms. The van der Waals surface area contributed by atoms with Crippen molar-refractivity contribution in [1.82, 2.24) is 9.78 Å². The molecule has 0 bridgehead atoms. The molecule has 3 rings (SSSR count). The third kappa shape index (κ3) is 3.49. The van der Waals surface area contributed by atoms with E-state index in [0.717, 1.165) is 6.26 Å². The molecule has 144 valence electrons. The van der Waals surface area contributed by atoms with Crippen LogP contribution in [0.15, 0.2) is 47.4 Å². The van der Waals surface area contributed by atoms with Gasteiger partial charge in [-0.05, 0) is 36.8 Å². The topological polar surface area (TPSA) is 85.0 Å². The molecule has 0 fully saturated rings. The number of nitriles is 1. The fourth-order valence-electron chi connectivity index (χ4n) is 2.96. The molecule has 1 aromatic heterocycles. The number of nitrogens with zero attached hydrogens (tertiary/aromatic N) is 3. The average Bonchev–Trinajstić information content (AvgIpc) is 3.06. The van der Waals surface area contributed by atoms with Crippen LogP contribution in [0, 0.1) is 17.1 Å². The lowest BCUT2D eigenvalue weighted by molar-refractivity contribution is 0.386. The van der Waals surface area contributed by atoms with E-state index in [9.17, 15) is 18.1 Å². The number of rotatable bonds is 5. The summed E-state index contributed by atoms with van der Waals surface area (Å²) in [4.78, 5) is 0.184. The Labute approximate surface area is 162 Å². The van der Waals surface area contributed by atoms with E-state index in [1.165, 1.54) is 36.1 Å². The van der Waals surface area contributed by atoms with Gasteiger partial charge in [0.15, 0.2) is 21.4 Å². The van der Waals surface area contributed by atoms with Gasteiger partial charge in [0.05, 0.1) is 12.0 Å². The van der Waals surface area contributed by atoms with Crippen LogP contribution < -0.4 is 4.74 Å². The van der Waals surface area contributed by atoms with Gasteiger partial charge in [-0.25, -0.2) is 12.8 Å². The summed E-state index contributed by atoms with van der Waals surface area (Å²) in [6, 6.07) is 12.8. The van der Waals surface area contributed by atoms with Crippen molar-refractivity contribution in [3.8, 4) is 34.2 Å². The number of halogens is 1. The highest BCUT2D eigenvalue weighted by atomic mass is 32.2. The fraction of sp³-hybridized carbons (Fsp3) is 0.200. The molecule has 6 nitrogen and oxygen atoms in total. The van der Waals surface area contributed by atoms with E-state index in [0.29, 0.717) is 34.6 Å². The van der Waals surface area contributed by atoms with Gasteiger partial charge >= 0.3 is 0 Å². The molecule has 3 aromatic rings. The molecule has 0 aliphatic carbocycles. The van der Waals surface area contributed by atoms with E-state index in [4.69, 9.17) is 4.74 Å². The summed E-state index contributed by atoms with van der Waals surface area (Å²) in [7, 11) is -1.95. The minimum absolute atomic E-state index is 0.101. The molecule has 0 aliphatic heterocycles. The van der Waals surface area contributed by atoms with Crippen LogP contribution in [-0.2, 0) is 16.4 Å². The van der Waals surface area contributed by atoms with Crippen molar-refractivity contribution in [2.75, 3.05) is 13.4 Å². The van der Waals surface area contributed by atoms with Crippen molar-refractivity contribution < 1.29 is 17.5 Å². The molecule has 0 radical (unpaired) electrons. The smallest absolute Gasteiger partial charge is 0.175 e. The van der Waals surface area contributed by atoms with Crippen LogP contribution in [-0.4, -0.2) is 31.6 Å². The number of hydrogen-bond donors (Lipinski definition) is 0. The maximum absolute atomic E-state index is 14.3. The molecule has 8 heteroatoms. The Morgan fingerprint density at radius 3 is 2.32 bits per heavy atom. The molecule has 2 aromatic carbocycles. The number of benzene rings is 2. The first-order valence-corrected chi connectivity index (χ1v) is 10.3. The first-order valence-electron chi connectivity index (χ1n) is 8.45. The Morgan fingerprint density at radius 2 is 1.82 bits per heavy atom. The maximum Gasteiger partial charge on any atom is 0.175 e. The van der Waals surface area contributed by atoms with Gasteiger partial charge in [0.25, 0.3) is 0 Å². The normalized spacial score (nSPS) is 11.2. The predicted octanol–water partition coefficient (Wildman–Crippen LogP) is 3.66.